The number of ether oxygens (including phenoxy) is 1. The molecule has 176 valence electrons. The molecular weight excluding hydrogens is 442 g/mol. The van der Waals surface area contributed by atoms with Crippen molar-refractivity contribution in [3.05, 3.63) is 83.4 Å². The Balaban J connectivity index is 1.67. The summed E-state index contributed by atoms with van der Waals surface area (Å²) in [4.78, 5) is 22.8. The predicted octanol–water partition coefficient (Wildman–Crippen LogP) is 6.69. The van der Waals surface area contributed by atoms with Gasteiger partial charge in [-0.3, -0.25) is 9.69 Å². The van der Waals surface area contributed by atoms with E-state index in [2.05, 4.69) is 44.7 Å². The fourth-order valence-corrected chi connectivity index (χ4v) is 5.18. The van der Waals surface area contributed by atoms with Gasteiger partial charge in [0.1, 0.15) is 11.5 Å². The molecule has 0 saturated carbocycles. The second-order valence-electron chi connectivity index (χ2n) is 8.35. The van der Waals surface area contributed by atoms with Gasteiger partial charge in [0, 0.05) is 18.7 Å². The number of rotatable bonds is 9. The minimum Gasteiger partial charge on any atom is -0.457 e. The smallest absolute Gasteiger partial charge is 0.260 e. The maximum atomic E-state index is 13.8. The number of nitrogens with zero attached hydrogens (tertiary/aromatic N) is 3. The molecule has 4 rings (SSSR count). The number of hydrogen-bond acceptors (Lipinski definition) is 5. The molecule has 0 atom stereocenters. The van der Waals surface area contributed by atoms with Crippen molar-refractivity contribution in [3.63, 3.8) is 0 Å². The third-order valence-corrected chi connectivity index (χ3v) is 6.91. The number of hydrogen-bond donors (Lipinski definition) is 0. The first-order valence-corrected chi connectivity index (χ1v) is 12.5. The zero-order valence-corrected chi connectivity index (χ0v) is 21.1. The van der Waals surface area contributed by atoms with Gasteiger partial charge in [-0.05, 0) is 74.5 Å². The van der Waals surface area contributed by atoms with Crippen molar-refractivity contribution in [1.29, 1.82) is 0 Å². The van der Waals surface area contributed by atoms with E-state index in [0.29, 0.717) is 17.9 Å². The van der Waals surface area contributed by atoms with Crippen LogP contribution in [0.3, 0.4) is 0 Å². The molecule has 0 unspecified atom stereocenters. The van der Waals surface area contributed by atoms with Gasteiger partial charge >= 0.3 is 0 Å². The zero-order chi connectivity index (χ0) is 24.1. The second kappa shape index (κ2) is 10.8. The van der Waals surface area contributed by atoms with Gasteiger partial charge in [-0.25, -0.2) is 4.98 Å². The van der Waals surface area contributed by atoms with E-state index < -0.39 is 0 Å². The van der Waals surface area contributed by atoms with Crippen molar-refractivity contribution in [2.24, 2.45) is 0 Å². The topological polar surface area (TPSA) is 45.7 Å². The summed E-state index contributed by atoms with van der Waals surface area (Å²) >= 11 is 1.57. The molecule has 6 heteroatoms. The van der Waals surface area contributed by atoms with E-state index in [4.69, 9.17) is 9.72 Å². The Morgan fingerprint density at radius 2 is 1.65 bits per heavy atom. The highest BCUT2D eigenvalue weighted by Crippen LogP contribution is 2.33. The second-order valence-corrected chi connectivity index (χ2v) is 9.36. The molecular formula is C28H31N3O2S. The lowest BCUT2D eigenvalue weighted by molar-refractivity contribution is 0.0983. The molecule has 0 aliphatic carbocycles. The van der Waals surface area contributed by atoms with Crippen LogP contribution < -0.4 is 9.64 Å². The van der Waals surface area contributed by atoms with Gasteiger partial charge in [-0.15, -0.1) is 0 Å². The number of likely N-dealkylation sites (N-methyl/N-ethyl adjacent to an activating group) is 1. The molecule has 4 aromatic rings. The Morgan fingerprint density at radius 3 is 2.38 bits per heavy atom. The van der Waals surface area contributed by atoms with Crippen LogP contribution in [0.25, 0.3) is 10.2 Å². The number of aromatic nitrogens is 1. The standard InChI is InChI=1S/C28H31N3O2S/c1-5-30(6-2)15-16-31(28-29-26-21(4)17-20(3)18-25(26)34-28)27(32)22-11-10-14-24(19-22)33-23-12-8-7-9-13-23/h7-14,17-19H,5-6,15-16H2,1-4H3. The van der Waals surface area contributed by atoms with Gasteiger partial charge in [-0.1, -0.05) is 55.5 Å². The van der Waals surface area contributed by atoms with Gasteiger partial charge in [0.15, 0.2) is 5.13 Å². The lowest BCUT2D eigenvalue weighted by atomic mass is 10.1. The van der Waals surface area contributed by atoms with E-state index in [0.717, 1.165) is 46.3 Å². The van der Waals surface area contributed by atoms with Gasteiger partial charge in [0.25, 0.3) is 5.91 Å². The fourth-order valence-electron chi connectivity index (χ4n) is 4.01. The number of carbonyl (C=O) groups excluding carboxylic acids is 1. The molecule has 0 aliphatic heterocycles. The summed E-state index contributed by atoms with van der Waals surface area (Å²) in [5.74, 6) is 1.30. The highest BCUT2D eigenvalue weighted by molar-refractivity contribution is 7.22. The Labute approximate surface area is 205 Å². The van der Waals surface area contributed by atoms with Crippen LogP contribution in [-0.4, -0.2) is 42.0 Å². The molecule has 5 nitrogen and oxygen atoms in total. The van der Waals surface area contributed by atoms with E-state index in [1.807, 2.05) is 59.5 Å². The summed E-state index contributed by atoms with van der Waals surface area (Å²) in [6.45, 7) is 11.7. The quantitative estimate of drug-likeness (QED) is 0.272. The van der Waals surface area contributed by atoms with Crippen LogP contribution in [0.4, 0.5) is 5.13 Å². The zero-order valence-electron chi connectivity index (χ0n) is 20.2. The number of para-hydroxylation sites is 1. The molecule has 0 N–H and O–H groups in total. The van der Waals surface area contributed by atoms with Crippen LogP contribution >= 0.6 is 11.3 Å². The number of carbonyl (C=O) groups is 1. The summed E-state index contributed by atoms with van der Waals surface area (Å²) in [5.41, 5.74) is 3.88. The van der Waals surface area contributed by atoms with Crippen molar-refractivity contribution >= 4 is 32.6 Å². The van der Waals surface area contributed by atoms with Crippen LogP contribution in [0, 0.1) is 13.8 Å². The van der Waals surface area contributed by atoms with Gasteiger partial charge in [0.2, 0.25) is 0 Å². The summed E-state index contributed by atoms with van der Waals surface area (Å²) < 4.78 is 7.08. The molecule has 0 bridgehead atoms. The van der Waals surface area contributed by atoms with E-state index in [1.165, 1.54) is 5.56 Å². The van der Waals surface area contributed by atoms with Crippen molar-refractivity contribution in [1.82, 2.24) is 9.88 Å². The summed E-state index contributed by atoms with van der Waals surface area (Å²) in [7, 11) is 0. The van der Waals surface area contributed by atoms with Crippen LogP contribution in [0.1, 0.15) is 35.3 Å². The van der Waals surface area contributed by atoms with E-state index in [1.54, 1.807) is 11.3 Å². The van der Waals surface area contributed by atoms with Crippen LogP contribution in [0.15, 0.2) is 66.7 Å². The van der Waals surface area contributed by atoms with Gasteiger partial charge in [0.05, 0.1) is 10.2 Å². The Hall–Kier alpha value is -3.22. The highest BCUT2D eigenvalue weighted by Gasteiger charge is 2.23. The number of benzene rings is 3. The maximum absolute atomic E-state index is 13.8. The number of thiazole rings is 1. The normalized spacial score (nSPS) is 11.2. The number of amides is 1. The number of fused-ring (bicyclic) bond motifs is 1. The van der Waals surface area contributed by atoms with Crippen molar-refractivity contribution in [3.8, 4) is 11.5 Å². The fraction of sp³-hybridized carbons (Fsp3) is 0.286. The average molecular weight is 474 g/mol. The summed E-state index contributed by atoms with van der Waals surface area (Å²) in [6.07, 6.45) is 0. The average Bonchev–Trinajstić information content (AvgIpc) is 3.26. The van der Waals surface area contributed by atoms with Crippen molar-refractivity contribution < 1.29 is 9.53 Å². The van der Waals surface area contributed by atoms with E-state index in [9.17, 15) is 4.79 Å². The molecule has 34 heavy (non-hydrogen) atoms. The first kappa shape index (κ1) is 23.9. The first-order valence-electron chi connectivity index (χ1n) is 11.7. The SMILES string of the molecule is CCN(CC)CCN(C(=O)c1cccc(Oc2ccccc2)c1)c1nc2c(C)cc(C)cc2s1. The summed E-state index contributed by atoms with van der Waals surface area (Å²) in [6, 6.07) is 21.3. The Bertz CT molecular complexity index is 1270. The van der Waals surface area contributed by atoms with Crippen molar-refractivity contribution in [2.75, 3.05) is 31.1 Å². The third kappa shape index (κ3) is 5.46. The molecule has 1 heterocycles. The van der Waals surface area contributed by atoms with Gasteiger partial charge in [-0.2, -0.15) is 0 Å². The Kier molecular flexibility index (Phi) is 7.60. The highest BCUT2D eigenvalue weighted by atomic mass is 32.1. The largest absolute Gasteiger partial charge is 0.457 e. The lowest BCUT2D eigenvalue weighted by Gasteiger charge is -2.25. The molecule has 0 aliphatic rings. The van der Waals surface area contributed by atoms with E-state index >= 15 is 0 Å². The van der Waals surface area contributed by atoms with E-state index in [-0.39, 0.29) is 5.91 Å². The van der Waals surface area contributed by atoms with Crippen molar-refractivity contribution in [2.45, 2.75) is 27.7 Å². The number of aryl methyl sites for hydroxylation is 2. The molecule has 0 saturated heterocycles. The maximum Gasteiger partial charge on any atom is 0.260 e. The van der Waals surface area contributed by atoms with Gasteiger partial charge < -0.3 is 9.64 Å². The number of anilines is 1. The minimum atomic E-state index is -0.0703. The van der Waals surface area contributed by atoms with Crippen LogP contribution in [0.2, 0.25) is 0 Å². The molecule has 1 amide bonds. The third-order valence-electron chi connectivity index (χ3n) is 5.89. The predicted molar refractivity (Wildman–Crippen MR) is 142 cm³/mol. The molecule has 3 aromatic carbocycles. The Morgan fingerprint density at radius 1 is 0.912 bits per heavy atom. The first-order chi connectivity index (χ1) is 16.5. The minimum absolute atomic E-state index is 0.0703. The summed E-state index contributed by atoms with van der Waals surface area (Å²) in [5, 5.41) is 0.732. The molecule has 0 radical (unpaired) electrons. The molecule has 1 aromatic heterocycles. The molecule has 0 fully saturated rings. The van der Waals surface area contributed by atoms with Crippen LogP contribution in [-0.2, 0) is 0 Å². The monoisotopic (exact) mass is 473 g/mol. The van der Waals surface area contributed by atoms with Crippen LogP contribution in [0.5, 0.6) is 11.5 Å². The molecule has 0 spiro atoms. The lowest BCUT2D eigenvalue weighted by Crippen LogP contribution is -2.38.